The predicted octanol–water partition coefficient (Wildman–Crippen LogP) is 3.37. The van der Waals surface area contributed by atoms with Crippen LogP contribution in [-0.4, -0.2) is 22.8 Å². The maximum Gasteiger partial charge on any atom is 0.420 e. The third-order valence-corrected chi connectivity index (χ3v) is 4.99. The Balaban J connectivity index is 1.58. The number of nitrogens with zero attached hydrogens (tertiary/aromatic N) is 1. The van der Waals surface area contributed by atoms with Gasteiger partial charge in [-0.25, -0.2) is 4.79 Å². The standard InChI is InChI=1S/C19H20N2O3S/c1-13-7-9-15(10-8-13)25-12-11-20-18(22)14(2)21-16-5-3-4-6-17(16)24-19(21)23/h3-10,14H,11-12H2,1-2H3,(H,20,22). The number of rotatable bonds is 6. The van der Waals surface area contributed by atoms with E-state index in [0.29, 0.717) is 17.6 Å². The Morgan fingerprint density at radius 1 is 1.20 bits per heavy atom. The van der Waals surface area contributed by atoms with Crippen LogP contribution in [0.2, 0.25) is 0 Å². The average molecular weight is 356 g/mol. The Kier molecular flexibility index (Phi) is 5.28. The molecule has 1 heterocycles. The number of aryl methyl sites for hydroxylation is 1. The average Bonchev–Trinajstić information content (AvgIpc) is 2.95. The third kappa shape index (κ3) is 3.96. The molecule has 1 atom stereocenters. The lowest BCUT2D eigenvalue weighted by molar-refractivity contribution is -0.123. The van der Waals surface area contributed by atoms with Gasteiger partial charge in [-0.05, 0) is 38.1 Å². The molecule has 130 valence electrons. The zero-order chi connectivity index (χ0) is 17.8. The number of benzene rings is 2. The highest BCUT2D eigenvalue weighted by molar-refractivity contribution is 7.99. The summed E-state index contributed by atoms with van der Waals surface area (Å²) in [6, 6.07) is 14.8. The summed E-state index contributed by atoms with van der Waals surface area (Å²) in [5.74, 6) is 0.0544. The fourth-order valence-electron chi connectivity index (χ4n) is 2.59. The Bertz CT molecular complexity index is 928. The van der Waals surface area contributed by atoms with Gasteiger partial charge in [-0.2, -0.15) is 0 Å². The largest absolute Gasteiger partial charge is 0.420 e. The maximum atomic E-state index is 12.4. The molecule has 0 aliphatic rings. The van der Waals surface area contributed by atoms with Gasteiger partial charge in [0.15, 0.2) is 5.58 Å². The maximum absolute atomic E-state index is 12.4. The highest BCUT2D eigenvalue weighted by Gasteiger charge is 2.20. The third-order valence-electron chi connectivity index (χ3n) is 3.98. The fourth-order valence-corrected chi connectivity index (χ4v) is 3.36. The zero-order valence-electron chi connectivity index (χ0n) is 14.2. The molecule has 0 aliphatic carbocycles. The molecule has 6 heteroatoms. The van der Waals surface area contributed by atoms with Gasteiger partial charge in [0.05, 0.1) is 5.52 Å². The van der Waals surface area contributed by atoms with Crippen LogP contribution in [0.4, 0.5) is 0 Å². The number of carbonyl (C=O) groups is 1. The summed E-state index contributed by atoms with van der Waals surface area (Å²) in [6.07, 6.45) is 0. The number of aromatic nitrogens is 1. The molecule has 25 heavy (non-hydrogen) atoms. The molecule has 1 amide bonds. The van der Waals surface area contributed by atoms with Crippen LogP contribution in [0.15, 0.2) is 62.6 Å². The van der Waals surface area contributed by atoms with Crippen LogP contribution < -0.4 is 11.1 Å². The van der Waals surface area contributed by atoms with Crippen LogP contribution in [0.1, 0.15) is 18.5 Å². The summed E-state index contributed by atoms with van der Waals surface area (Å²) in [5.41, 5.74) is 2.34. The van der Waals surface area contributed by atoms with E-state index >= 15 is 0 Å². The van der Waals surface area contributed by atoms with Gasteiger partial charge in [-0.1, -0.05) is 29.8 Å². The zero-order valence-corrected chi connectivity index (χ0v) is 15.0. The van der Waals surface area contributed by atoms with Crippen LogP contribution in [0, 0.1) is 6.92 Å². The summed E-state index contributed by atoms with van der Waals surface area (Å²) >= 11 is 1.68. The molecular formula is C19H20N2O3S. The second-order valence-electron chi connectivity index (χ2n) is 5.83. The van der Waals surface area contributed by atoms with Crippen molar-refractivity contribution in [3.8, 4) is 0 Å². The summed E-state index contributed by atoms with van der Waals surface area (Å²) in [4.78, 5) is 25.6. The smallest absolute Gasteiger partial charge is 0.408 e. The number of hydrogen-bond acceptors (Lipinski definition) is 4. The Hall–Kier alpha value is -2.47. The molecule has 0 fully saturated rings. The fraction of sp³-hybridized carbons (Fsp3) is 0.263. The van der Waals surface area contributed by atoms with Crippen molar-refractivity contribution in [2.45, 2.75) is 24.8 Å². The van der Waals surface area contributed by atoms with Gasteiger partial charge in [0.2, 0.25) is 5.91 Å². The first-order valence-electron chi connectivity index (χ1n) is 8.13. The van der Waals surface area contributed by atoms with Crippen molar-refractivity contribution in [3.63, 3.8) is 0 Å². The first kappa shape index (κ1) is 17.4. The minimum atomic E-state index is -0.625. The van der Waals surface area contributed by atoms with Crippen molar-refractivity contribution in [2.24, 2.45) is 0 Å². The molecule has 1 unspecified atom stereocenters. The number of fused-ring (bicyclic) bond motifs is 1. The number of amides is 1. The van der Waals surface area contributed by atoms with Crippen LogP contribution in [0.3, 0.4) is 0 Å². The van der Waals surface area contributed by atoms with E-state index in [1.54, 1.807) is 36.9 Å². The van der Waals surface area contributed by atoms with E-state index in [0.717, 1.165) is 5.75 Å². The normalized spacial score (nSPS) is 12.2. The highest BCUT2D eigenvalue weighted by Crippen LogP contribution is 2.18. The Labute approximate surface area is 150 Å². The van der Waals surface area contributed by atoms with Crippen molar-refractivity contribution in [3.05, 3.63) is 64.6 Å². The monoisotopic (exact) mass is 356 g/mol. The van der Waals surface area contributed by atoms with Crippen molar-refractivity contribution in [2.75, 3.05) is 12.3 Å². The molecule has 3 aromatic rings. The quantitative estimate of drug-likeness (QED) is 0.543. The van der Waals surface area contributed by atoms with E-state index in [4.69, 9.17) is 4.42 Å². The number of para-hydroxylation sites is 2. The summed E-state index contributed by atoms with van der Waals surface area (Å²) in [6.45, 7) is 4.29. The molecular weight excluding hydrogens is 336 g/mol. The number of thioether (sulfide) groups is 1. The van der Waals surface area contributed by atoms with Crippen molar-refractivity contribution >= 4 is 28.8 Å². The molecule has 3 rings (SSSR count). The number of oxazole rings is 1. The minimum absolute atomic E-state index is 0.196. The van der Waals surface area contributed by atoms with Crippen molar-refractivity contribution in [1.82, 2.24) is 9.88 Å². The Morgan fingerprint density at radius 3 is 2.68 bits per heavy atom. The van der Waals surface area contributed by atoms with E-state index in [9.17, 15) is 9.59 Å². The predicted molar refractivity (Wildman–Crippen MR) is 100 cm³/mol. The summed E-state index contributed by atoms with van der Waals surface area (Å²) < 4.78 is 6.57. The van der Waals surface area contributed by atoms with Crippen molar-refractivity contribution < 1.29 is 9.21 Å². The molecule has 0 aliphatic heterocycles. The molecule has 1 aromatic heterocycles. The molecule has 0 saturated carbocycles. The molecule has 1 N–H and O–H groups in total. The lowest BCUT2D eigenvalue weighted by atomic mass is 10.2. The first-order chi connectivity index (χ1) is 12.1. The van der Waals surface area contributed by atoms with Gasteiger partial charge in [0.25, 0.3) is 0 Å². The van der Waals surface area contributed by atoms with Crippen LogP contribution in [0.5, 0.6) is 0 Å². The van der Waals surface area contributed by atoms with Gasteiger partial charge in [-0.15, -0.1) is 11.8 Å². The van der Waals surface area contributed by atoms with E-state index in [-0.39, 0.29) is 5.91 Å². The molecule has 5 nitrogen and oxygen atoms in total. The topological polar surface area (TPSA) is 64.2 Å². The van der Waals surface area contributed by atoms with Crippen LogP contribution in [0.25, 0.3) is 11.1 Å². The van der Waals surface area contributed by atoms with Gasteiger partial charge in [0.1, 0.15) is 6.04 Å². The SMILES string of the molecule is Cc1ccc(SCCNC(=O)C(C)n2c(=O)oc3ccccc32)cc1. The lowest BCUT2D eigenvalue weighted by Crippen LogP contribution is -2.35. The number of hydrogen-bond donors (Lipinski definition) is 1. The molecule has 0 radical (unpaired) electrons. The molecule has 0 spiro atoms. The van der Waals surface area contributed by atoms with Gasteiger partial charge >= 0.3 is 5.76 Å². The van der Waals surface area contributed by atoms with Crippen LogP contribution in [-0.2, 0) is 4.79 Å². The molecule has 2 aromatic carbocycles. The lowest BCUT2D eigenvalue weighted by Gasteiger charge is -2.13. The second-order valence-corrected chi connectivity index (χ2v) is 7.00. The number of nitrogens with one attached hydrogen (secondary N) is 1. The highest BCUT2D eigenvalue weighted by atomic mass is 32.2. The van der Waals surface area contributed by atoms with E-state index < -0.39 is 11.8 Å². The summed E-state index contributed by atoms with van der Waals surface area (Å²) in [5, 5.41) is 2.88. The molecule has 0 bridgehead atoms. The second kappa shape index (κ2) is 7.61. The van der Waals surface area contributed by atoms with Crippen molar-refractivity contribution in [1.29, 1.82) is 0 Å². The van der Waals surface area contributed by atoms with Gasteiger partial charge < -0.3 is 9.73 Å². The summed E-state index contributed by atoms with van der Waals surface area (Å²) in [7, 11) is 0. The Morgan fingerprint density at radius 2 is 1.92 bits per heavy atom. The van der Waals surface area contributed by atoms with Gasteiger partial charge in [-0.3, -0.25) is 9.36 Å². The van der Waals surface area contributed by atoms with E-state index in [1.807, 2.05) is 6.07 Å². The van der Waals surface area contributed by atoms with E-state index in [2.05, 4.69) is 36.5 Å². The first-order valence-corrected chi connectivity index (χ1v) is 9.12. The van der Waals surface area contributed by atoms with E-state index in [1.165, 1.54) is 15.0 Å². The minimum Gasteiger partial charge on any atom is -0.408 e. The number of carbonyl (C=O) groups excluding carboxylic acids is 1. The molecule has 0 saturated heterocycles. The van der Waals surface area contributed by atoms with Crippen LogP contribution >= 0.6 is 11.8 Å². The van der Waals surface area contributed by atoms with Gasteiger partial charge in [0, 0.05) is 17.2 Å².